The predicted molar refractivity (Wildman–Crippen MR) is 126 cm³/mol. The largest absolute Gasteiger partial charge is 0.482 e. The number of pyridine rings is 1. The minimum atomic E-state index is -0.530. The number of fused-ring (bicyclic) bond motifs is 3. The van der Waals surface area contributed by atoms with Gasteiger partial charge in [-0.25, -0.2) is 9.37 Å². The molecule has 1 aromatic heterocycles. The SMILES string of the molecule is CCN=C1C(=CN)C/C(=C/C(=N)Br)Nc2ccc(F)cc2[C@@H](C)Oc2cc1cnc2N. The summed E-state index contributed by atoms with van der Waals surface area (Å²) in [6, 6.07) is 6.17. The Bertz CT molecular complexity index is 1100. The van der Waals surface area contributed by atoms with Crippen LogP contribution in [0.25, 0.3) is 0 Å². The van der Waals surface area contributed by atoms with Gasteiger partial charge in [0.15, 0.2) is 11.6 Å². The molecule has 0 amide bonds. The molecule has 1 aliphatic heterocycles. The Morgan fingerprint density at radius 2 is 2.23 bits per heavy atom. The molecule has 2 aromatic rings. The van der Waals surface area contributed by atoms with E-state index in [1.165, 1.54) is 18.3 Å². The molecule has 1 atom stereocenters. The van der Waals surface area contributed by atoms with Crippen LogP contribution in [0.1, 0.15) is 37.5 Å². The fraction of sp³-hybridized carbons (Fsp3) is 0.227. The fourth-order valence-corrected chi connectivity index (χ4v) is 3.61. The Balaban J connectivity index is 2.25. The van der Waals surface area contributed by atoms with Gasteiger partial charge >= 0.3 is 0 Å². The van der Waals surface area contributed by atoms with Crippen molar-refractivity contribution in [3.05, 3.63) is 71.0 Å². The van der Waals surface area contributed by atoms with Crippen LogP contribution in [0.4, 0.5) is 15.9 Å². The number of nitrogens with zero attached hydrogens (tertiary/aromatic N) is 2. The van der Waals surface area contributed by atoms with Crippen LogP contribution in [-0.2, 0) is 0 Å². The van der Waals surface area contributed by atoms with Gasteiger partial charge in [0, 0.05) is 41.7 Å². The lowest BCUT2D eigenvalue weighted by Gasteiger charge is -2.23. The molecule has 7 nitrogen and oxygen atoms in total. The molecule has 1 aromatic carbocycles. The van der Waals surface area contributed by atoms with Crippen LogP contribution >= 0.6 is 15.9 Å². The molecule has 2 bridgehead atoms. The average molecular weight is 487 g/mol. The average Bonchev–Trinajstić information content (AvgIpc) is 2.72. The third-order valence-electron chi connectivity index (χ3n) is 4.71. The van der Waals surface area contributed by atoms with Crippen molar-refractivity contribution >= 4 is 37.8 Å². The Morgan fingerprint density at radius 1 is 1.45 bits per heavy atom. The molecule has 0 unspecified atom stereocenters. The number of ether oxygens (including phenoxy) is 1. The number of nitrogens with two attached hydrogens (primary N) is 2. The molecule has 9 heteroatoms. The summed E-state index contributed by atoms with van der Waals surface area (Å²) in [6.45, 7) is 4.27. The van der Waals surface area contributed by atoms with Gasteiger partial charge in [0.1, 0.15) is 11.9 Å². The number of aliphatic imine (C=N–C) groups is 1. The van der Waals surface area contributed by atoms with Crippen molar-refractivity contribution < 1.29 is 9.13 Å². The second-order valence-electron chi connectivity index (χ2n) is 6.93. The zero-order valence-corrected chi connectivity index (χ0v) is 18.8. The lowest BCUT2D eigenvalue weighted by Crippen LogP contribution is -2.16. The van der Waals surface area contributed by atoms with Gasteiger partial charge in [-0.3, -0.25) is 10.4 Å². The Labute approximate surface area is 188 Å². The molecule has 3 rings (SSSR count). The summed E-state index contributed by atoms with van der Waals surface area (Å²) in [5.41, 5.74) is 16.0. The van der Waals surface area contributed by atoms with Gasteiger partial charge in [0.05, 0.1) is 10.3 Å². The fourth-order valence-electron chi connectivity index (χ4n) is 3.34. The van der Waals surface area contributed by atoms with Crippen LogP contribution in [0.5, 0.6) is 5.75 Å². The molecular formula is C22H24BrFN6O. The molecule has 1 aliphatic rings. The normalized spacial score (nSPS) is 20.4. The van der Waals surface area contributed by atoms with Crippen molar-refractivity contribution in [2.75, 3.05) is 17.6 Å². The molecule has 0 spiro atoms. The van der Waals surface area contributed by atoms with E-state index in [1.807, 2.05) is 6.92 Å². The lowest BCUT2D eigenvalue weighted by atomic mass is 9.98. The van der Waals surface area contributed by atoms with Gasteiger partial charge in [-0.15, -0.1) is 0 Å². The highest BCUT2D eigenvalue weighted by Gasteiger charge is 2.21. The third kappa shape index (κ3) is 5.29. The maximum atomic E-state index is 14.1. The van der Waals surface area contributed by atoms with Crippen LogP contribution in [-0.4, -0.2) is 21.9 Å². The van der Waals surface area contributed by atoms with E-state index < -0.39 is 6.10 Å². The minimum Gasteiger partial charge on any atom is -0.482 e. The van der Waals surface area contributed by atoms with Gasteiger partial charge in [-0.05, 0) is 71.9 Å². The van der Waals surface area contributed by atoms with Gasteiger partial charge in [-0.1, -0.05) is 0 Å². The monoisotopic (exact) mass is 486 g/mol. The van der Waals surface area contributed by atoms with Gasteiger partial charge in [0.25, 0.3) is 0 Å². The number of nitrogens with one attached hydrogen (secondary N) is 2. The second-order valence-corrected chi connectivity index (χ2v) is 7.79. The number of anilines is 2. The zero-order valence-electron chi connectivity index (χ0n) is 17.2. The number of rotatable bonds is 2. The van der Waals surface area contributed by atoms with Crippen LogP contribution in [0.15, 0.2) is 59.0 Å². The number of allylic oxidation sites excluding steroid dienone is 2. The summed E-state index contributed by atoms with van der Waals surface area (Å²) in [4.78, 5) is 8.88. The number of hydrogen-bond donors (Lipinski definition) is 4. The van der Waals surface area contributed by atoms with Crippen LogP contribution < -0.4 is 21.5 Å². The van der Waals surface area contributed by atoms with E-state index in [0.717, 1.165) is 5.57 Å². The molecule has 0 saturated heterocycles. The first-order valence-electron chi connectivity index (χ1n) is 9.71. The van der Waals surface area contributed by atoms with Crippen molar-refractivity contribution in [1.82, 2.24) is 4.98 Å². The molecule has 0 aliphatic carbocycles. The van der Waals surface area contributed by atoms with Crippen molar-refractivity contribution in [3.8, 4) is 5.75 Å². The summed E-state index contributed by atoms with van der Waals surface area (Å²) in [5, 5.41) is 11.2. The summed E-state index contributed by atoms with van der Waals surface area (Å²) in [6.07, 6.45) is 4.56. The molecule has 0 radical (unpaired) electrons. The van der Waals surface area contributed by atoms with Crippen LogP contribution in [0.2, 0.25) is 0 Å². The molecule has 162 valence electrons. The number of halogens is 2. The quantitative estimate of drug-likeness (QED) is 0.459. The summed E-state index contributed by atoms with van der Waals surface area (Å²) >= 11 is 3.17. The number of hydrogen-bond acceptors (Lipinski definition) is 7. The summed E-state index contributed by atoms with van der Waals surface area (Å²) < 4.78 is 20.3. The van der Waals surface area contributed by atoms with Gasteiger partial charge in [0.2, 0.25) is 0 Å². The smallest absolute Gasteiger partial charge is 0.166 e. The molecule has 31 heavy (non-hydrogen) atoms. The standard InChI is InChI=1S/C22H24BrFN6O/c1-3-28-21-13(10-25)6-16(9-20(23)26)30-18-5-4-15(24)8-17(18)12(2)31-19-7-14(21)11-29-22(19)27/h4-5,7-12,26,30H,3,6,25H2,1-2H3,(H2,27,29)/b13-10?,16-9-,26-20?,28-21?/t12-/m1/s1. The topological polar surface area (TPSA) is 122 Å². The number of nitrogen functional groups attached to an aromatic ring is 1. The molecular weight excluding hydrogens is 463 g/mol. The van der Waals surface area contributed by atoms with E-state index in [-0.39, 0.29) is 16.3 Å². The molecule has 0 saturated carbocycles. The maximum absolute atomic E-state index is 14.1. The third-order valence-corrected chi connectivity index (χ3v) is 4.94. The summed E-state index contributed by atoms with van der Waals surface area (Å²) in [5.74, 6) is 0.210. The highest BCUT2D eigenvalue weighted by Crippen LogP contribution is 2.34. The van der Waals surface area contributed by atoms with E-state index in [0.29, 0.717) is 46.9 Å². The molecule has 6 N–H and O–H groups in total. The van der Waals surface area contributed by atoms with Crippen LogP contribution in [0.3, 0.4) is 0 Å². The van der Waals surface area contributed by atoms with E-state index in [4.69, 9.17) is 21.6 Å². The first kappa shape index (κ1) is 22.5. The van der Waals surface area contributed by atoms with E-state index in [1.54, 1.807) is 31.3 Å². The van der Waals surface area contributed by atoms with Gasteiger partial charge < -0.3 is 21.5 Å². The first-order valence-corrected chi connectivity index (χ1v) is 10.5. The first-order chi connectivity index (χ1) is 14.8. The van der Waals surface area contributed by atoms with E-state index in [2.05, 4.69) is 31.2 Å². The Kier molecular flexibility index (Phi) is 7.06. The van der Waals surface area contributed by atoms with E-state index >= 15 is 0 Å². The second kappa shape index (κ2) is 9.74. The number of benzene rings is 1. The zero-order chi connectivity index (χ0) is 22.5. The Hall–Kier alpha value is -3.20. The van der Waals surface area contributed by atoms with Crippen molar-refractivity contribution in [2.24, 2.45) is 10.7 Å². The minimum absolute atomic E-state index is 0.178. The maximum Gasteiger partial charge on any atom is 0.166 e. The highest BCUT2D eigenvalue weighted by atomic mass is 79.9. The Morgan fingerprint density at radius 3 is 2.90 bits per heavy atom. The molecule has 0 fully saturated rings. The van der Waals surface area contributed by atoms with E-state index in [9.17, 15) is 4.39 Å². The van der Waals surface area contributed by atoms with Crippen LogP contribution in [0, 0.1) is 11.2 Å². The molecule has 2 heterocycles. The summed E-state index contributed by atoms with van der Waals surface area (Å²) in [7, 11) is 0. The highest BCUT2D eigenvalue weighted by molar-refractivity contribution is 9.18. The number of aromatic nitrogens is 1. The van der Waals surface area contributed by atoms with Gasteiger partial charge in [-0.2, -0.15) is 0 Å². The van der Waals surface area contributed by atoms with Crippen molar-refractivity contribution in [2.45, 2.75) is 26.4 Å². The van der Waals surface area contributed by atoms with Crippen molar-refractivity contribution in [1.29, 1.82) is 5.41 Å². The van der Waals surface area contributed by atoms with Crippen molar-refractivity contribution in [3.63, 3.8) is 0 Å². The lowest BCUT2D eigenvalue weighted by molar-refractivity contribution is 0.228. The predicted octanol–water partition coefficient (Wildman–Crippen LogP) is 4.67.